The summed E-state index contributed by atoms with van der Waals surface area (Å²) in [5.41, 5.74) is 11.3. The van der Waals surface area contributed by atoms with Crippen LogP contribution in [0.15, 0.2) is 30.6 Å². The monoisotopic (exact) mass is 520 g/mol. The van der Waals surface area contributed by atoms with Crippen molar-refractivity contribution in [1.82, 2.24) is 30.3 Å². The van der Waals surface area contributed by atoms with Gasteiger partial charge >= 0.3 is 6.18 Å². The molecule has 1 atom stereocenters. The smallest absolute Gasteiger partial charge is 0.410 e. The lowest BCUT2D eigenvalue weighted by molar-refractivity contribution is -0.164. The number of methoxy groups -OCH3 is 1. The molecule has 2 amide bonds. The van der Waals surface area contributed by atoms with E-state index in [0.29, 0.717) is 15.6 Å². The number of alkyl halides is 3. The number of benzene rings is 1. The van der Waals surface area contributed by atoms with Gasteiger partial charge in [0.2, 0.25) is 0 Å². The standard InChI is InChI=1S/C22H20F4N8O3/c1-9(22(24,25)26)34-19(27)16(20(28)35)18(33-34)12-6-29-14(17-13(12)7-31-32-17)8-30-21(36)11-5-10(23)3-4-15(11)37-2/h3-7,9H,8,27H2,1-2H3,(H2,28,35)(H,30,36)(H,31,32)/t9-/m0/s1. The predicted octanol–water partition coefficient (Wildman–Crippen LogP) is 2.70. The van der Waals surface area contributed by atoms with E-state index in [4.69, 9.17) is 16.2 Å². The van der Waals surface area contributed by atoms with E-state index in [1.165, 1.54) is 25.6 Å². The second-order valence-electron chi connectivity index (χ2n) is 7.94. The number of rotatable bonds is 7. The van der Waals surface area contributed by atoms with Gasteiger partial charge in [-0.05, 0) is 25.1 Å². The first kappa shape index (κ1) is 25.4. The molecule has 3 heterocycles. The third-order valence-electron chi connectivity index (χ3n) is 5.68. The minimum atomic E-state index is -4.69. The highest BCUT2D eigenvalue weighted by Crippen LogP contribution is 2.37. The Morgan fingerprint density at radius 2 is 2.00 bits per heavy atom. The molecule has 6 N–H and O–H groups in total. The number of aromatic nitrogens is 5. The first-order chi connectivity index (χ1) is 17.4. The van der Waals surface area contributed by atoms with E-state index in [1.807, 2.05) is 0 Å². The normalized spacial score (nSPS) is 12.5. The summed E-state index contributed by atoms with van der Waals surface area (Å²) >= 11 is 0. The van der Waals surface area contributed by atoms with Gasteiger partial charge in [0, 0.05) is 17.1 Å². The van der Waals surface area contributed by atoms with Crippen LogP contribution >= 0.6 is 0 Å². The molecular formula is C22H20F4N8O3. The van der Waals surface area contributed by atoms with Gasteiger partial charge in [0.05, 0.1) is 36.6 Å². The summed E-state index contributed by atoms with van der Waals surface area (Å²) in [6.07, 6.45) is -2.10. The summed E-state index contributed by atoms with van der Waals surface area (Å²) in [6, 6.07) is 1.34. The zero-order valence-corrected chi connectivity index (χ0v) is 19.4. The van der Waals surface area contributed by atoms with Gasteiger partial charge in [-0.3, -0.25) is 19.7 Å². The Kier molecular flexibility index (Phi) is 6.46. The SMILES string of the molecule is COc1ccc(F)cc1C(=O)NCc1ncc(-c2nn([C@@H](C)C(F)(F)F)c(N)c2C(N)=O)c2cn[nH]c12. The first-order valence-electron chi connectivity index (χ1n) is 10.6. The molecule has 3 aromatic heterocycles. The quantitative estimate of drug-likeness (QED) is 0.272. The van der Waals surface area contributed by atoms with Crippen molar-refractivity contribution in [2.24, 2.45) is 5.73 Å². The number of nitrogens with one attached hydrogen (secondary N) is 2. The molecule has 0 unspecified atom stereocenters. The van der Waals surface area contributed by atoms with Gasteiger partial charge < -0.3 is 21.5 Å². The minimum Gasteiger partial charge on any atom is -0.496 e. The average Bonchev–Trinajstić information content (AvgIpc) is 3.46. The van der Waals surface area contributed by atoms with E-state index in [9.17, 15) is 27.2 Å². The van der Waals surface area contributed by atoms with Crippen molar-refractivity contribution in [3.8, 4) is 17.0 Å². The van der Waals surface area contributed by atoms with E-state index in [1.54, 1.807) is 0 Å². The predicted molar refractivity (Wildman–Crippen MR) is 123 cm³/mol. The van der Waals surface area contributed by atoms with Crippen LogP contribution < -0.4 is 21.5 Å². The maximum absolute atomic E-state index is 13.6. The number of ether oxygens (including phenoxy) is 1. The Labute approximate surface area is 205 Å². The number of halogens is 4. The Morgan fingerprint density at radius 1 is 1.27 bits per heavy atom. The van der Waals surface area contributed by atoms with Gasteiger partial charge in [0.15, 0.2) is 0 Å². The number of fused-ring (bicyclic) bond motifs is 1. The lowest BCUT2D eigenvalue weighted by Gasteiger charge is -2.17. The molecule has 194 valence electrons. The minimum absolute atomic E-state index is 0.0362. The van der Waals surface area contributed by atoms with E-state index in [-0.39, 0.29) is 34.8 Å². The fourth-order valence-electron chi connectivity index (χ4n) is 3.74. The summed E-state index contributed by atoms with van der Waals surface area (Å²) in [4.78, 5) is 29.0. The van der Waals surface area contributed by atoms with Crippen molar-refractivity contribution < 1.29 is 31.9 Å². The molecule has 0 aliphatic carbocycles. The molecule has 15 heteroatoms. The zero-order chi connectivity index (χ0) is 27.1. The average molecular weight is 520 g/mol. The second-order valence-corrected chi connectivity index (χ2v) is 7.94. The maximum Gasteiger partial charge on any atom is 0.410 e. The number of nitrogens with zero attached hydrogens (tertiary/aromatic N) is 4. The van der Waals surface area contributed by atoms with Crippen LogP contribution in [-0.2, 0) is 6.54 Å². The molecular weight excluding hydrogens is 500 g/mol. The highest BCUT2D eigenvalue weighted by molar-refractivity contribution is 6.07. The van der Waals surface area contributed by atoms with Crippen molar-refractivity contribution >= 4 is 28.5 Å². The molecule has 0 saturated carbocycles. The number of nitrogen functional groups attached to an aromatic ring is 1. The molecule has 4 rings (SSSR count). The van der Waals surface area contributed by atoms with Crippen LogP contribution in [-0.4, -0.2) is 50.1 Å². The molecule has 0 fully saturated rings. The van der Waals surface area contributed by atoms with Crippen molar-refractivity contribution in [2.45, 2.75) is 25.7 Å². The van der Waals surface area contributed by atoms with Gasteiger partial charge in [-0.25, -0.2) is 9.07 Å². The number of nitrogens with two attached hydrogens (primary N) is 2. The molecule has 11 nitrogen and oxygen atoms in total. The Balaban J connectivity index is 1.72. The van der Waals surface area contributed by atoms with Crippen LogP contribution in [0.1, 0.15) is 39.4 Å². The van der Waals surface area contributed by atoms with Crippen LogP contribution in [0.4, 0.5) is 23.4 Å². The number of pyridine rings is 1. The number of carbonyl (C=O) groups is 2. The number of H-pyrrole nitrogens is 1. The number of aromatic amines is 1. The molecule has 0 radical (unpaired) electrons. The molecule has 37 heavy (non-hydrogen) atoms. The van der Waals surface area contributed by atoms with Gasteiger partial charge in [-0.2, -0.15) is 23.4 Å². The Hall–Kier alpha value is -4.69. The fourth-order valence-corrected chi connectivity index (χ4v) is 3.74. The first-order valence-corrected chi connectivity index (χ1v) is 10.6. The number of primary amides is 1. The van der Waals surface area contributed by atoms with Gasteiger partial charge in [0.25, 0.3) is 11.8 Å². The largest absolute Gasteiger partial charge is 0.496 e. The Bertz CT molecular complexity index is 1510. The number of carbonyl (C=O) groups excluding carboxylic acids is 2. The number of anilines is 1. The molecule has 0 bridgehead atoms. The third-order valence-corrected chi connectivity index (χ3v) is 5.68. The highest BCUT2D eigenvalue weighted by atomic mass is 19.4. The Morgan fingerprint density at radius 3 is 2.65 bits per heavy atom. The molecule has 0 aliphatic rings. The lowest BCUT2D eigenvalue weighted by atomic mass is 10.0. The van der Waals surface area contributed by atoms with E-state index < -0.39 is 41.2 Å². The van der Waals surface area contributed by atoms with Gasteiger partial charge in [-0.15, -0.1) is 0 Å². The van der Waals surface area contributed by atoms with Crippen LogP contribution in [0.5, 0.6) is 5.75 Å². The van der Waals surface area contributed by atoms with Crippen LogP contribution in [0.25, 0.3) is 22.2 Å². The fraction of sp³-hybridized carbons (Fsp3) is 0.227. The van der Waals surface area contributed by atoms with E-state index in [2.05, 4.69) is 25.6 Å². The lowest BCUT2D eigenvalue weighted by Crippen LogP contribution is -2.26. The molecule has 0 saturated heterocycles. The van der Waals surface area contributed by atoms with Gasteiger partial charge in [0.1, 0.15) is 34.7 Å². The van der Waals surface area contributed by atoms with E-state index >= 15 is 0 Å². The second kappa shape index (κ2) is 9.40. The van der Waals surface area contributed by atoms with Crippen molar-refractivity contribution in [1.29, 1.82) is 0 Å². The van der Waals surface area contributed by atoms with Crippen molar-refractivity contribution in [3.05, 3.63) is 53.2 Å². The molecule has 0 aliphatic heterocycles. The number of hydrogen-bond donors (Lipinski definition) is 4. The summed E-state index contributed by atoms with van der Waals surface area (Å²) in [5.74, 6) is -2.74. The molecule has 4 aromatic rings. The van der Waals surface area contributed by atoms with Crippen LogP contribution in [0.2, 0.25) is 0 Å². The third kappa shape index (κ3) is 4.62. The summed E-state index contributed by atoms with van der Waals surface area (Å²) < 4.78 is 59.2. The number of hydrogen-bond acceptors (Lipinski definition) is 7. The van der Waals surface area contributed by atoms with Crippen molar-refractivity contribution in [2.75, 3.05) is 12.8 Å². The number of amides is 2. The summed E-state index contributed by atoms with van der Waals surface area (Å²) in [7, 11) is 1.34. The van der Waals surface area contributed by atoms with Crippen LogP contribution in [0.3, 0.4) is 0 Å². The van der Waals surface area contributed by atoms with E-state index in [0.717, 1.165) is 19.1 Å². The topological polar surface area (TPSA) is 167 Å². The molecule has 0 spiro atoms. The summed E-state index contributed by atoms with van der Waals surface area (Å²) in [6.45, 7) is 0.699. The highest BCUT2D eigenvalue weighted by Gasteiger charge is 2.40. The molecule has 1 aromatic carbocycles. The maximum atomic E-state index is 13.6. The zero-order valence-electron chi connectivity index (χ0n) is 19.4. The summed E-state index contributed by atoms with van der Waals surface area (Å²) in [5, 5.41) is 13.5. The van der Waals surface area contributed by atoms with Crippen LogP contribution in [0, 0.1) is 5.82 Å². The van der Waals surface area contributed by atoms with Crippen molar-refractivity contribution in [3.63, 3.8) is 0 Å². The van der Waals surface area contributed by atoms with Gasteiger partial charge in [-0.1, -0.05) is 0 Å².